The molecule has 0 spiro atoms. The summed E-state index contributed by atoms with van der Waals surface area (Å²) in [5, 5.41) is 3.41. The predicted octanol–water partition coefficient (Wildman–Crippen LogP) is 3.15. The van der Waals surface area contributed by atoms with E-state index in [1.807, 2.05) is 30.3 Å². The number of thiocarbonyl (C=S) groups is 1. The number of methoxy groups -OCH3 is 1. The van der Waals surface area contributed by atoms with E-state index in [0.717, 1.165) is 22.1 Å². The average Bonchev–Trinajstić information content (AvgIpc) is 2.53. The number of hydrazine groups is 1. The van der Waals surface area contributed by atoms with E-state index < -0.39 is 0 Å². The van der Waals surface area contributed by atoms with E-state index in [1.54, 1.807) is 18.9 Å². The van der Waals surface area contributed by atoms with Crippen molar-refractivity contribution < 1.29 is 4.74 Å². The molecule has 0 aromatic heterocycles. The fourth-order valence-corrected chi connectivity index (χ4v) is 2.75. The number of thioether (sulfide) groups is 1. The molecule has 21 heavy (non-hydrogen) atoms. The van der Waals surface area contributed by atoms with Crippen LogP contribution in [0.15, 0.2) is 53.4 Å². The molecule has 0 bridgehead atoms. The fraction of sp³-hybridized carbons (Fsp3) is 0.133. The van der Waals surface area contributed by atoms with Gasteiger partial charge < -0.3 is 15.5 Å². The summed E-state index contributed by atoms with van der Waals surface area (Å²) in [7, 11) is 1.67. The molecule has 0 aliphatic carbocycles. The predicted molar refractivity (Wildman–Crippen MR) is 92.5 cm³/mol. The highest BCUT2D eigenvalue weighted by molar-refractivity contribution is 7.98. The minimum absolute atomic E-state index is 0.396. The third-order valence-electron chi connectivity index (χ3n) is 2.79. The molecular weight excluding hydrogens is 302 g/mol. The highest BCUT2D eigenvalue weighted by Crippen LogP contribution is 2.26. The van der Waals surface area contributed by atoms with Crippen LogP contribution in [0.4, 0.5) is 5.69 Å². The van der Waals surface area contributed by atoms with Crippen LogP contribution in [0.3, 0.4) is 0 Å². The lowest BCUT2D eigenvalue weighted by atomic mass is 10.2. The van der Waals surface area contributed by atoms with Crippen LogP contribution in [0.25, 0.3) is 0 Å². The smallest absolute Gasteiger partial charge is 0.185 e. The molecule has 4 N–H and O–H groups in total. The molecule has 0 radical (unpaired) electrons. The zero-order chi connectivity index (χ0) is 15.1. The highest BCUT2D eigenvalue weighted by Gasteiger charge is 2.00. The van der Waals surface area contributed by atoms with Gasteiger partial charge in [-0.1, -0.05) is 18.2 Å². The van der Waals surface area contributed by atoms with Crippen LogP contribution in [0, 0.1) is 0 Å². The quantitative estimate of drug-likeness (QED) is 0.341. The van der Waals surface area contributed by atoms with Gasteiger partial charge in [0.15, 0.2) is 5.11 Å². The van der Waals surface area contributed by atoms with Crippen LogP contribution in [-0.4, -0.2) is 12.2 Å². The van der Waals surface area contributed by atoms with E-state index in [0.29, 0.717) is 5.11 Å². The first-order chi connectivity index (χ1) is 10.2. The maximum Gasteiger partial charge on any atom is 0.185 e. The van der Waals surface area contributed by atoms with Gasteiger partial charge in [0.2, 0.25) is 0 Å². The van der Waals surface area contributed by atoms with Gasteiger partial charge in [-0.05, 0) is 48.1 Å². The molecule has 0 heterocycles. The van der Waals surface area contributed by atoms with Gasteiger partial charge in [0.05, 0.1) is 7.11 Å². The van der Waals surface area contributed by atoms with Gasteiger partial charge in [0.25, 0.3) is 0 Å². The molecule has 2 rings (SSSR count). The first-order valence-electron chi connectivity index (χ1n) is 6.34. The van der Waals surface area contributed by atoms with Gasteiger partial charge in [-0.15, -0.1) is 11.8 Å². The number of rotatable bonds is 5. The normalized spacial score (nSPS) is 10.0. The molecular formula is C15H17N3OS2. The third kappa shape index (κ3) is 4.93. The molecule has 0 amide bonds. The van der Waals surface area contributed by atoms with Crippen LogP contribution < -0.4 is 21.3 Å². The Labute approximate surface area is 134 Å². The van der Waals surface area contributed by atoms with Crippen molar-refractivity contribution in [1.82, 2.24) is 5.43 Å². The molecule has 0 atom stereocenters. The van der Waals surface area contributed by atoms with Gasteiger partial charge in [-0.3, -0.25) is 0 Å². The van der Waals surface area contributed by atoms with Crippen molar-refractivity contribution >= 4 is 34.8 Å². The van der Waals surface area contributed by atoms with E-state index in [4.69, 9.17) is 22.8 Å². The monoisotopic (exact) mass is 319 g/mol. The number of nitrogens with two attached hydrogens (primary N) is 1. The summed E-state index contributed by atoms with van der Waals surface area (Å²) >= 11 is 6.74. The minimum Gasteiger partial charge on any atom is -0.497 e. The molecule has 0 fully saturated rings. The molecule has 0 unspecified atom stereocenters. The zero-order valence-electron chi connectivity index (χ0n) is 11.6. The topological polar surface area (TPSA) is 59.3 Å². The Balaban J connectivity index is 1.96. The zero-order valence-corrected chi connectivity index (χ0v) is 13.3. The summed E-state index contributed by atoms with van der Waals surface area (Å²) in [5.74, 6) is 7.02. The maximum atomic E-state index is 5.25. The average molecular weight is 319 g/mol. The Morgan fingerprint density at radius 1 is 1.24 bits per heavy atom. The van der Waals surface area contributed by atoms with Crippen molar-refractivity contribution in [3.8, 4) is 5.75 Å². The second kappa shape index (κ2) is 7.87. The largest absolute Gasteiger partial charge is 0.497 e. The van der Waals surface area contributed by atoms with E-state index in [-0.39, 0.29) is 0 Å². The van der Waals surface area contributed by atoms with Crippen LogP contribution in [0.5, 0.6) is 5.75 Å². The lowest BCUT2D eigenvalue weighted by molar-refractivity contribution is 0.414. The fourth-order valence-electron chi connectivity index (χ4n) is 1.72. The van der Waals surface area contributed by atoms with Crippen LogP contribution in [0.2, 0.25) is 0 Å². The second-order valence-electron chi connectivity index (χ2n) is 4.26. The number of nitrogens with one attached hydrogen (secondary N) is 2. The number of hydrogen-bond donors (Lipinski definition) is 3. The number of hydrogen-bond acceptors (Lipinski definition) is 4. The van der Waals surface area contributed by atoms with Gasteiger partial charge in [0, 0.05) is 16.3 Å². The Kier molecular flexibility index (Phi) is 5.86. The first kappa shape index (κ1) is 15.6. The molecule has 0 aliphatic rings. The molecule has 4 nitrogen and oxygen atoms in total. The first-order valence-corrected chi connectivity index (χ1v) is 7.74. The molecule has 6 heteroatoms. The van der Waals surface area contributed by atoms with Crippen LogP contribution in [0.1, 0.15) is 5.56 Å². The summed E-state index contributed by atoms with van der Waals surface area (Å²) in [5.41, 5.74) is 4.57. The van der Waals surface area contributed by atoms with Crippen molar-refractivity contribution in [1.29, 1.82) is 0 Å². The van der Waals surface area contributed by atoms with E-state index in [2.05, 4.69) is 28.9 Å². The highest BCUT2D eigenvalue weighted by atomic mass is 32.2. The van der Waals surface area contributed by atoms with Crippen molar-refractivity contribution in [2.75, 3.05) is 12.4 Å². The maximum absolute atomic E-state index is 5.25. The summed E-state index contributed by atoms with van der Waals surface area (Å²) in [4.78, 5) is 1.16. The Bertz CT molecular complexity index is 602. The number of anilines is 1. The molecule has 2 aromatic rings. The lowest BCUT2D eigenvalue weighted by Gasteiger charge is -2.09. The van der Waals surface area contributed by atoms with Crippen molar-refractivity contribution in [3.05, 3.63) is 54.1 Å². The molecule has 2 aromatic carbocycles. The summed E-state index contributed by atoms with van der Waals surface area (Å²) in [6.07, 6.45) is 0. The van der Waals surface area contributed by atoms with Crippen molar-refractivity contribution in [3.63, 3.8) is 0 Å². The Morgan fingerprint density at radius 2 is 2.00 bits per heavy atom. The van der Waals surface area contributed by atoms with Gasteiger partial charge in [-0.2, -0.15) is 0 Å². The Hall–Kier alpha value is -1.76. The van der Waals surface area contributed by atoms with E-state index in [1.165, 1.54) is 5.56 Å². The molecule has 0 aliphatic heterocycles. The SMILES string of the molecule is COc1ccc(CSc2cccc(NC(=S)NN)c2)cc1. The standard InChI is InChI=1S/C15H17N3OS2/c1-19-13-7-5-11(6-8-13)10-21-14-4-2-3-12(9-14)17-15(20)18-16/h2-9H,10,16H2,1H3,(H2,17,18,20). The minimum atomic E-state index is 0.396. The van der Waals surface area contributed by atoms with E-state index >= 15 is 0 Å². The summed E-state index contributed by atoms with van der Waals surface area (Å²) in [6.45, 7) is 0. The summed E-state index contributed by atoms with van der Waals surface area (Å²) < 4.78 is 5.15. The summed E-state index contributed by atoms with van der Waals surface area (Å²) in [6, 6.07) is 16.1. The number of ether oxygens (including phenoxy) is 1. The number of benzene rings is 2. The van der Waals surface area contributed by atoms with Gasteiger partial charge >= 0.3 is 0 Å². The third-order valence-corrected chi connectivity index (χ3v) is 4.07. The molecule has 110 valence electrons. The molecule has 0 saturated heterocycles. The molecule has 0 saturated carbocycles. The van der Waals surface area contributed by atoms with Gasteiger partial charge in [-0.25, -0.2) is 5.84 Å². The Morgan fingerprint density at radius 3 is 2.67 bits per heavy atom. The van der Waals surface area contributed by atoms with Crippen molar-refractivity contribution in [2.24, 2.45) is 5.84 Å². The van der Waals surface area contributed by atoms with Crippen LogP contribution in [-0.2, 0) is 5.75 Å². The lowest BCUT2D eigenvalue weighted by Crippen LogP contribution is -2.34. The van der Waals surface area contributed by atoms with Gasteiger partial charge in [0.1, 0.15) is 5.75 Å². The van der Waals surface area contributed by atoms with Crippen LogP contribution >= 0.6 is 24.0 Å². The second-order valence-corrected chi connectivity index (χ2v) is 5.72. The van der Waals surface area contributed by atoms with E-state index in [9.17, 15) is 0 Å². The van der Waals surface area contributed by atoms with Crippen molar-refractivity contribution in [2.45, 2.75) is 10.6 Å².